The van der Waals surface area contributed by atoms with E-state index in [4.69, 9.17) is 4.74 Å². The predicted octanol–water partition coefficient (Wildman–Crippen LogP) is 4.24. The van der Waals surface area contributed by atoms with Gasteiger partial charge in [0.1, 0.15) is 11.6 Å². The number of piperidine rings is 1. The third-order valence-electron chi connectivity index (χ3n) is 5.92. The number of rotatable bonds is 7. The summed E-state index contributed by atoms with van der Waals surface area (Å²) in [6, 6.07) is 3.61. The molecule has 1 aromatic rings. The highest BCUT2D eigenvalue weighted by Gasteiger charge is 2.64. The number of alkyl halides is 3. The first-order valence-corrected chi connectivity index (χ1v) is 11.4. The van der Waals surface area contributed by atoms with Crippen LogP contribution in [0.4, 0.5) is 17.6 Å². The van der Waals surface area contributed by atoms with Gasteiger partial charge in [-0.3, -0.25) is 0 Å². The SMILES string of the molecule is COc1ccc(F)cc1C(C)(C)CC(CC1CCNCC1)(C(F)(F)F)S(C)(=O)=O. The van der Waals surface area contributed by atoms with Crippen molar-refractivity contribution in [2.24, 2.45) is 5.92 Å². The lowest BCUT2D eigenvalue weighted by Crippen LogP contribution is -2.56. The van der Waals surface area contributed by atoms with Crippen molar-refractivity contribution in [3.05, 3.63) is 29.6 Å². The normalized spacial score (nSPS) is 19.0. The minimum atomic E-state index is -4.97. The van der Waals surface area contributed by atoms with Gasteiger partial charge in [-0.05, 0) is 68.3 Å². The molecule has 1 unspecified atom stereocenters. The second kappa shape index (κ2) is 8.41. The van der Waals surface area contributed by atoms with Crippen LogP contribution in [0.1, 0.15) is 45.1 Å². The van der Waals surface area contributed by atoms with Crippen LogP contribution in [-0.2, 0) is 15.3 Å². The first-order chi connectivity index (χ1) is 13.2. The summed E-state index contributed by atoms with van der Waals surface area (Å²) in [6.07, 6.45) is -4.57. The lowest BCUT2D eigenvalue weighted by molar-refractivity contribution is -0.171. The molecule has 1 aliphatic heterocycles. The number of nitrogens with one attached hydrogen (secondary N) is 1. The van der Waals surface area contributed by atoms with Crippen molar-refractivity contribution in [1.82, 2.24) is 5.32 Å². The average molecular weight is 440 g/mol. The molecular formula is C20H29F4NO3S. The summed E-state index contributed by atoms with van der Waals surface area (Å²) in [7, 11) is -3.19. The minimum Gasteiger partial charge on any atom is -0.496 e. The quantitative estimate of drug-likeness (QED) is 0.646. The Morgan fingerprint density at radius 1 is 1.17 bits per heavy atom. The number of hydrogen-bond acceptors (Lipinski definition) is 4. The number of benzene rings is 1. The molecule has 0 bridgehead atoms. The second-order valence-electron chi connectivity index (χ2n) is 8.57. The Morgan fingerprint density at radius 3 is 2.24 bits per heavy atom. The third-order valence-corrected chi connectivity index (χ3v) is 7.88. The summed E-state index contributed by atoms with van der Waals surface area (Å²) in [5.41, 5.74) is -1.10. The maximum Gasteiger partial charge on any atom is 0.408 e. The van der Waals surface area contributed by atoms with E-state index in [1.54, 1.807) is 0 Å². The molecular weight excluding hydrogens is 410 g/mol. The molecule has 0 spiro atoms. The van der Waals surface area contributed by atoms with E-state index in [0.717, 1.165) is 12.1 Å². The monoisotopic (exact) mass is 439 g/mol. The number of hydrogen-bond donors (Lipinski definition) is 1. The van der Waals surface area contributed by atoms with E-state index < -0.39 is 44.8 Å². The van der Waals surface area contributed by atoms with E-state index in [1.807, 2.05) is 0 Å². The Kier molecular flexibility index (Phi) is 6.94. The molecule has 1 atom stereocenters. The fraction of sp³-hybridized carbons (Fsp3) is 0.700. The Hall–Kier alpha value is -1.35. The van der Waals surface area contributed by atoms with Crippen molar-refractivity contribution in [1.29, 1.82) is 0 Å². The second-order valence-corrected chi connectivity index (χ2v) is 10.9. The Bertz CT molecular complexity index is 818. The van der Waals surface area contributed by atoms with Gasteiger partial charge in [0.2, 0.25) is 0 Å². The average Bonchev–Trinajstić information content (AvgIpc) is 2.60. The van der Waals surface area contributed by atoms with Gasteiger partial charge in [-0.1, -0.05) is 13.8 Å². The zero-order valence-corrected chi connectivity index (χ0v) is 18.0. The molecule has 1 aliphatic rings. The summed E-state index contributed by atoms with van der Waals surface area (Å²) in [5.74, 6) is -0.759. The molecule has 4 nitrogen and oxygen atoms in total. The first kappa shape index (κ1) is 23.9. The van der Waals surface area contributed by atoms with Crippen LogP contribution in [0.2, 0.25) is 0 Å². The lowest BCUT2D eigenvalue weighted by atomic mass is 9.73. The van der Waals surface area contributed by atoms with E-state index in [9.17, 15) is 26.0 Å². The largest absolute Gasteiger partial charge is 0.496 e. The van der Waals surface area contributed by atoms with Crippen LogP contribution in [0.5, 0.6) is 5.75 Å². The Morgan fingerprint density at radius 2 is 1.76 bits per heavy atom. The van der Waals surface area contributed by atoms with E-state index in [1.165, 1.54) is 27.0 Å². The maximum absolute atomic E-state index is 14.4. The molecule has 29 heavy (non-hydrogen) atoms. The van der Waals surface area contributed by atoms with Gasteiger partial charge in [0, 0.05) is 11.8 Å². The van der Waals surface area contributed by atoms with Crippen molar-refractivity contribution in [2.45, 2.75) is 55.9 Å². The molecule has 0 saturated carbocycles. The van der Waals surface area contributed by atoms with Crippen LogP contribution in [0, 0.1) is 11.7 Å². The standard InChI is InChI=1S/C20H29F4NO3S/c1-18(2,16-11-15(21)5-6-17(16)28-3)13-19(20(22,23)24,29(4,26)27)12-14-7-9-25-10-8-14/h5-6,11,14,25H,7-10,12-13H2,1-4H3. The summed E-state index contributed by atoms with van der Waals surface area (Å²) in [6.45, 7) is 4.11. The summed E-state index contributed by atoms with van der Waals surface area (Å²) >= 11 is 0. The summed E-state index contributed by atoms with van der Waals surface area (Å²) in [5, 5.41) is 3.08. The third kappa shape index (κ3) is 5.05. The number of ether oxygens (including phenoxy) is 1. The minimum absolute atomic E-state index is 0.211. The highest BCUT2D eigenvalue weighted by molar-refractivity contribution is 7.92. The van der Waals surface area contributed by atoms with Crippen molar-refractivity contribution in [3.63, 3.8) is 0 Å². The number of halogens is 4. The molecule has 0 radical (unpaired) electrons. The molecule has 166 valence electrons. The van der Waals surface area contributed by atoms with Crippen molar-refractivity contribution < 1.29 is 30.7 Å². The molecule has 0 aliphatic carbocycles. The molecule has 1 fully saturated rings. The molecule has 9 heteroatoms. The summed E-state index contributed by atoms with van der Waals surface area (Å²) < 4.78 is 84.8. The van der Waals surface area contributed by atoms with Crippen LogP contribution in [-0.4, -0.2) is 45.8 Å². The smallest absolute Gasteiger partial charge is 0.408 e. The number of methoxy groups -OCH3 is 1. The maximum atomic E-state index is 14.4. The van der Waals surface area contributed by atoms with Crippen LogP contribution >= 0.6 is 0 Å². The van der Waals surface area contributed by atoms with Gasteiger partial charge >= 0.3 is 6.18 Å². The predicted molar refractivity (Wildman–Crippen MR) is 104 cm³/mol. The van der Waals surface area contributed by atoms with Crippen LogP contribution in [0.3, 0.4) is 0 Å². The van der Waals surface area contributed by atoms with Crippen LogP contribution in [0.25, 0.3) is 0 Å². The summed E-state index contributed by atoms with van der Waals surface area (Å²) in [4.78, 5) is 0. The zero-order valence-electron chi connectivity index (χ0n) is 17.2. The molecule has 2 rings (SSSR count). The van der Waals surface area contributed by atoms with Crippen molar-refractivity contribution in [2.75, 3.05) is 26.5 Å². The molecule has 1 heterocycles. The first-order valence-electron chi connectivity index (χ1n) is 9.54. The van der Waals surface area contributed by atoms with E-state index in [0.29, 0.717) is 32.2 Å². The van der Waals surface area contributed by atoms with Gasteiger partial charge in [-0.25, -0.2) is 12.8 Å². The van der Waals surface area contributed by atoms with Gasteiger partial charge in [-0.2, -0.15) is 13.2 Å². The lowest BCUT2D eigenvalue weighted by Gasteiger charge is -2.43. The van der Waals surface area contributed by atoms with E-state index in [-0.39, 0.29) is 17.2 Å². The van der Waals surface area contributed by atoms with Gasteiger partial charge in [0.15, 0.2) is 14.6 Å². The fourth-order valence-corrected chi connectivity index (χ4v) is 5.93. The highest BCUT2D eigenvalue weighted by Crippen LogP contribution is 2.51. The van der Waals surface area contributed by atoms with E-state index in [2.05, 4.69) is 5.32 Å². The number of sulfone groups is 1. The molecule has 0 aromatic heterocycles. The van der Waals surface area contributed by atoms with E-state index >= 15 is 0 Å². The van der Waals surface area contributed by atoms with Crippen molar-refractivity contribution in [3.8, 4) is 5.75 Å². The van der Waals surface area contributed by atoms with Crippen LogP contribution < -0.4 is 10.1 Å². The zero-order chi connectivity index (χ0) is 22.1. The van der Waals surface area contributed by atoms with Gasteiger partial charge < -0.3 is 10.1 Å². The Balaban J connectivity index is 2.58. The van der Waals surface area contributed by atoms with Crippen LogP contribution in [0.15, 0.2) is 18.2 Å². The molecule has 1 aromatic carbocycles. The molecule has 0 amide bonds. The van der Waals surface area contributed by atoms with Gasteiger partial charge in [0.25, 0.3) is 0 Å². The van der Waals surface area contributed by atoms with Gasteiger partial charge in [0.05, 0.1) is 7.11 Å². The highest BCUT2D eigenvalue weighted by atomic mass is 32.2. The van der Waals surface area contributed by atoms with Gasteiger partial charge in [-0.15, -0.1) is 0 Å². The molecule has 1 N–H and O–H groups in total. The van der Waals surface area contributed by atoms with Crippen molar-refractivity contribution >= 4 is 9.84 Å². The topological polar surface area (TPSA) is 55.4 Å². The molecule has 1 saturated heterocycles. The Labute approximate surface area is 169 Å². The fourth-order valence-electron chi connectivity index (χ4n) is 4.35.